The fourth-order valence-electron chi connectivity index (χ4n) is 1.31. The molecule has 0 saturated carbocycles. The lowest BCUT2D eigenvalue weighted by Gasteiger charge is -2.25. The lowest BCUT2D eigenvalue weighted by atomic mass is 10.0. The fourth-order valence-corrected chi connectivity index (χ4v) is 1.31. The molecular formula is C11H16N2O3. The number of aliphatic hydroxyl groups excluding tert-OH is 1. The zero-order valence-corrected chi connectivity index (χ0v) is 9.41. The molecule has 0 aliphatic rings. The number of hydrogen-bond donors (Lipinski definition) is 3. The van der Waals surface area contributed by atoms with Gasteiger partial charge in [0.15, 0.2) is 5.43 Å². The molecule has 0 fully saturated rings. The molecule has 0 aliphatic heterocycles. The SMILES string of the molecule is CC(C)(CCO)NC(=O)c1c[nH]ccc1=O. The number of carbonyl (C=O) groups excluding carboxylic acids is 1. The second-order valence-corrected chi connectivity index (χ2v) is 4.23. The van der Waals surface area contributed by atoms with Gasteiger partial charge in [0.1, 0.15) is 5.56 Å². The Hall–Kier alpha value is -1.62. The molecule has 5 nitrogen and oxygen atoms in total. The first-order valence-electron chi connectivity index (χ1n) is 5.07. The van der Waals surface area contributed by atoms with Gasteiger partial charge < -0.3 is 15.4 Å². The van der Waals surface area contributed by atoms with E-state index in [0.29, 0.717) is 6.42 Å². The zero-order valence-electron chi connectivity index (χ0n) is 9.41. The van der Waals surface area contributed by atoms with Crippen LogP contribution in [0.4, 0.5) is 0 Å². The van der Waals surface area contributed by atoms with Gasteiger partial charge in [0.25, 0.3) is 5.91 Å². The quantitative estimate of drug-likeness (QED) is 0.686. The number of H-pyrrole nitrogens is 1. The lowest BCUT2D eigenvalue weighted by molar-refractivity contribution is 0.0898. The minimum Gasteiger partial charge on any atom is -0.396 e. The van der Waals surface area contributed by atoms with Crippen molar-refractivity contribution in [1.29, 1.82) is 0 Å². The minimum atomic E-state index is -0.534. The highest BCUT2D eigenvalue weighted by Gasteiger charge is 2.21. The van der Waals surface area contributed by atoms with Crippen LogP contribution >= 0.6 is 0 Å². The highest BCUT2D eigenvalue weighted by molar-refractivity contribution is 5.94. The van der Waals surface area contributed by atoms with Crippen LogP contribution in [-0.2, 0) is 0 Å². The number of aromatic amines is 1. The summed E-state index contributed by atoms with van der Waals surface area (Å²) >= 11 is 0. The average Bonchev–Trinajstić information content (AvgIpc) is 2.17. The van der Waals surface area contributed by atoms with Crippen molar-refractivity contribution in [3.05, 3.63) is 34.2 Å². The van der Waals surface area contributed by atoms with Crippen LogP contribution in [0, 0.1) is 0 Å². The van der Waals surface area contributed by atoms with Gasteiger partial charge in [0.05, 0.1) is 0 Å². The largest absolute Gasteiger partial charge is 0.396 e. The van der Waals surface area contributed by atoms with E-state index >= 15 is 0 Å². The van der Waals surface area contributed by atoms with Gasteiger partial charge in [-0.2, -0.15) is 0 Å². The van der Waals surface area contributed by atoms with Crippen LogP contribution < -0.4 is 10.7 Å². The molecule has 1 aromatic heterocycles. The van der Waals surface area contributed by atoms with Gasteiger partial charge in [-0.3, -0.25) is 9.59 Å². The molecule has 5 heteroatoms. The molecule has 0 spiro atoms. The number of aromatic nitrogens is 1. The van der Waals surface area contributed by atoms with Crippen molar-refractivity contribution in [3.63, 3.8) is 0 Å². The smallest absolute Gasteiger partial charge is 0.257 e. The van der Waals surface area contributed by atoms with Gasteiger partial charge in [-0.25, -0.2) is 0 Å². The molecule has 0 aliphatic carbocycles. The van der Waals surface area contributed by atoms with Crippen molar-refractivity contribution in [2.75, 3.05) is 6.61 Å². The maximum absolute atomic E-state index is 11.7. The molecule has 0 saturated heterocycles. The molecule has 1 amide bonds. The Kier molecular flexibility index (Phi) is 3.84. The van der Waals surface area contributed by atoms with Crippen LogP contribution in [0.5, 0.6) is 0 Å². The fraction of sp³-hybridized carbons (Fsp3) is 0.455. The van der Waals surface area contributed by atoms with E-state index in [1.165, 1.54) is 18.5 Å². The first-order valence-corrected chi connectivity index (χ1v) is 5.07. The van der Waals surface area contributed by atoms with E-state index in [0.717, 1.165) is 0 Å². The number of carbonyl (C=O) groups is 1. The van der Waals surface area contributed by atoms with E-state index in [2.05, 4.69) is 10.3 Å². The molecule has 0 radical (unpaired) electrons. The lowest BCUT2D eigenvalue weighted by Crippen LogP contribution is -2.45. The van der Waals surface area contributed by atoms with Gasteiger partial charge in [-0.1, -0.05) is 0 Å². The first kappa shape index (κ1) is 12.4. The maximum atomic E-state index is 11.7. The molecule has 1 aromatic rings. The van der Waals surface area contributed by atoms with Crippen molar-refractivity contribution in [3.8, 4) is 0 Å². The molecular weight excluding hydrogens is 208 g/mol. The van der Waals surface area contributed by atoms with Gasteiger partial charge in [0, 0.05) is 30.6 Å². The van der Waals surface area contributed by atoms with Gasteiger partial charge in [-0.05, 0) is 20.3 Å². The van der Waals surface area contributed by atoms with Crippen molar-refractivity contribution in [1.82, 2.24) is 10.3 Å². The standard InChI is InChI=1S/C11H16N2O3/c1-11(2,4-6-14)13-10(16)8-7-12-5-3-9(8)15/h3,5,7,14H,4,6H2,1-2H3,(H,12,15)(H,13,16). The predicted molar refractivity (Wildman–Crippen MR) is 60.3 cm³/mol. The highest BCUT2D eigenvalue weighted by Crippen LogP contribution is 2.07. The molecule has 16 heavy (non-hydrogen) atoms. The number of nitrogens with one attached hydrogen (secondary N) is 2. The summed E-state index contributed by atoms with van der Waals surface area (Å²) in [6.07, 6.45) is 3.27. The van der Waals surface area contributed by atoms with Gasteiger partial charge in [0.2, 0.25) is 0 Å². The third kappa shape index (κ3) is 3.20. The van der Waals surface area contributed by atoms with E-state index in [1.54, 1.807) is 13.8 Å². The predicted octanol–water partition coefficient (Wildman–Crippen LogP) is 0.266. The Morgan fingerprint density at radius 2 is 2.25 bits per heavy atom. The van der Waals surface area contributed by atoms with Crippen molar-refractivity contribution < 1.29 is 9.90 Å². The van der Waals surface area contributed by atoms with Crippen molar-refractivity contribution >= 4 is 5.91 Å². The highest BCUT2D eigenvalue weighted by atomic mass is 16.3. The molecule has 3 N–H and O–H groups in total. The summed E-state index contributed by atoms with van der Waals surface area (Å²) in [7, 11) is 0. The van der Waals surface area contributed by atoms with Crippen molar-refractivity contribution in [2.45, 2.75) is 25.8 Å². The second-order valence-electron chi connectivity index (χ2n) is 4.23. The Bertz CT molecular complexity index is 423. The summed E-state index contributed by atoms with van der Waals surface area (Å²) in [4.78, 5) is 25.8. The number of pyridine rings is 1. The Labute approximate surface area is 93.5 Å². The third-order valence-corrected chi connectivity index (χ3v) is 2.26. The molecule has 0 bridgehead atoms. The molecule has 88 valence electrons. The van der Waals surface area contributed by atoms with Crippen LogP contribution in [0.15, 0.2) is 23.3 Å². The summed E-state index contributed by atoms with van der Waals surface area (Å²) in [5.41, 5.74) is -0.779. The van der Waals surface area contributed by atoms with E-state index in [9.17, 15) is 9.59 Å². The normalized spacial score (nSPS) is 11.2. The second kappa shape index (κ2) is 4.94. The number of rotatable bonds is 4. The van der Waals surface area contributed by atoms with E-state index in [4.69, 9.17) is 5.11 Å². The number of hydrogen-bond acceptors (Lipinski definition) is 3. The topological polar surface area (TPSA) is 82.2 Å². The summed E-state index contributed by atoms with van der Waals surface area (Å²) in [5.74, 6) is -0.430. The first-order chi connectivity index (χ1) is 7.46. The van der Waals surface area contributed by atoms with Crippen LogP contribution in [0.3, 0.4) is 0 Å². The van der Waals surface area contributed by atoms with Crippen LogP contribution in [0.1, 0.15) is 30.6 Å². The summed E-state index contributed by atoms with van der Waals surface area (Å²) in [6, 6.07) is 1.30. The van der Waals surface area contributed by atoms with E-state index < -0.39 is 11.4 Å². The number of amides is 1. The van der Waals surface area contributed by atoms with Crippen LogP contribution in [-0.4, -0.2) is 28.1 Å². The monoisotopic (exact) mass is 224 g/mol. The summed E-state index contributed by atoms with van der Waals surface area (Å²) < 4.78 is 0. The van der Waals surface area contributed by atoms with Crippen LogP contribution in [0.25, 0.3) is 0 Å². The van der Waals surface area contributed by atoms with Gasteiger partial charge in [-0.15, -0.1) is 0 Å². The Balaban J connectivity index is 2.81. The molecule has 0 aromatic carbocycles. The molecule has 0 unspecified atom stereocenters. The van der Waals surface area contributed by atoms with E-state index in [1.807, 2.05) is 0 Å². The summed E-state index contributed by atoms with van der Waals surface area (Å²) in [6.45, 7) is 3.56. The minimum absolute atomic E-state index is 0.0154. The average molecular weight is 224 g/mol. The zero-order chi connectivity index (χ0) is 12.2. The van der Waals surface area contributed by atoms with Crippen molar-refractivity contribution in [2.24, 2.45) is 0 Å². The summed E-state index contributed by atoms with van der Waals surface area (Å²) in [5, 5.41) is 11.5. The van der Waals surface area contributed by atoms with Crippen LogP contribution in [0.2, 0.25) is 0 Å². The maximum Gasteiger partial charge on any atom is 0.257 e. The molecule has 1 rings (SSSR count). The Morgan fingerprint density at radius 1 is 1.56 bits per heavy atom. The molecule has 1 heterocycles. The van der Waals surface area contributed by atoms with Gasteiger partial charge >= 0.3 is 0 Å². The molecule has 0 atom stereocenters. The third-order valence-electron chi connectivity index (χ3n) is 2.26. The van der Waals surface area contributed by atoms with E-state index in [-0.39, 0.29) is 17.6 Å². The Morgan fingerprint density at radius 3 is 2.81 bits per heavy atom. The number of aliphatic hydroxyl groups is 1.